The van der Waals surface area contributed by atoms with Crippen LogP contribution in [-0.4, -0.2) is 47.4 Å². The van der Waals surface area contributed by atoms with E-state index in [1.807, 2.05) is 41.3 Å². The van der Waals surface area contributed by atoms with Crippen LogP contribution in [0.2, 0.25) is 10.0 Å². The SMILES string of the molecule is COc1ccc(-c2n[nH]c3c2C(c2ccc(Cl)c(Cl)c2)N(CC2CCCO2)C3=O)cc1. The summed E-state index contributed by atoms with van der Waals surface area (Å²) < 4.78 is 11.1. The number of carbonyl (C=O) groups is 1. The molecular formula is C23H21Cl2N3O3. The number of aromatic nitrogens is 2. The molecule has 1 amide bonds. The summed E-state index contributed by atoms with van der Waals surface area (Å²) in [7, 11) is 1.63. The second-order valence-electron chi connectivity index (χ2n) is 7.76. The van der Waals surface area contributed by atoms with Gasteiger partial charge in [0.2, 0.25) is 0 Å². The van der Waals surface area contributed by atoms with Gasteiger partial charge in [0.05, 0.1) is 35.0 Å². The lowest BCUT2D eigenvalue weighted by Gasteiger charge is -2.28. The van der Waals surface area contributed by atoms with Gasteiger partial charge in [0.15, 0.2) is 0 Å². The molecule has 0 spiro atoms. The first-order valence-electron chi connectivity index (χ1n) is 10.2. The van der Waals surface area contributed by atoms with E-state index in [2.05, 4.69) is 10.2 Å². The fourth-order valence-corrected chi connectivity index (χ4v) is 4.70. The number of ether oxygens (including phenoxy) is 2. The smallest absolute Gasteiger partial charge is 0.273 e. The highest BCUT2D eigenvalue weighted by atomic mass is 35.5. The number of halogens is 2. The molecule has 3 heterocycles. The van der Waals surface area contributed by atoms with Gasteiger partial charge in [0.25, 0.3) is 5.91 Å². The predicted molar refractivity (Wildman–Crippen MR) is 119 cm³/mol. The zero-order valence-corrected chi connectivity index (χ0v) is 18.4. The maximum absolute atomic E-state index is 13.4. The van der Waals surface area contributed by atoms with Gasteiger partial charge < -0.3 is 14.4 Å². The highest BCUT2D eigenvalue weighted by molar-refractivity contribution is 6.42. The number of carbonyl (C=O) groups excluding carboxylic acids is 1. The molecule has 5 rings (SSSR count). The average Bonchev–Trinajstić information content (AvgIpc) is 3.50. The quantitative estimate of drug-likeness (QED) is 0.577. The molecule has 2 atom stereocenters. The molecule has 160 valence electrons. The monoisotopic (exact) mass is 457 g/mol. The van der Waals surface area contributed by atoms with Crippen LogP contribution in [0.5, 0.6) is 5.75 Å². The molecule has 1 N–H and O–H groups in total. The summed E-state index contributed by atoms with van der Waals surface area (Å²) in [5.74, 6) is 0.668. The number of fused-ring (bicyclic) bond motifs is 1. The first-order valence-corrected chi connectivity index (χ1v) is 10.9. The minimum atomic E-state index is -0.336. The van der Waals surface area contributed by atoms with Crippen LogP contribution in [-0.2, 0) is 4.74 Å². The Morgan fingerprint density at radius 3 is 2.68 bits per heavy atom. The first-order chi connectivity index (χ1) is 15.1. The van der Waals surface area contributed by atoms with E-state index in [9.17, 15) is 4.79 Å². The summed E-state index contributed by atoms with van der Waals surface area (Å²) >= 11 is 12.5. The Labute approximate surface area is 190 Å². The minimum absolute atomic E-state index is 0.0237. The van der Waals surface area contributed by atoms with Gasteiger partial charge in [-0.15, -0.1) is 0 Å². The Morgan fingerprint density at radius 2 is 2.00 bits per heavy atom. The topological polar surface area (TPSA) is 67.4 Å². The highest BCUT2D eigenvalue weighted by Crippen LogP contribution is 2.44. The van der Waals surface area contributed by atoms with E-state index in [-0.39, 0.29) is 18.1 Å². The number of methoxy groups -OCH3 is 1. The molecule has 3 aromatic rings. The normalized spacial score (nSPS) is 20.4. The molecular weight excluding hydrogens is 437 g/mol. The van der Waals surface area contributed by atoms with Crippen molar-refractivity contribution >= 4 is 29.1 Å². The molecule has 1 saturated heterocycles. The van der Waals surface area contributed by atoms with Crippen LogP contribution >= 0.6 is 23.2 Å². The number of hydrogen-bond acceptors (Lipinski definition) is 4. The largest absolute Gasteiger partial charge is 0.497 e. The van der Waals surface area contributed by atoms with Crippen molar-refractivity contribution in [2.75, 3.05) is 20.3 Å². The van der Waals surface area contributed by atoms with Crippen LogP contribution in [0, 0.1) is 0 Å². The molecule has 31 heavy (non-hydrogen) atoms. The lowest BCUT2D eigenvalue weighted by molar-refractivity contribution is 0.0495. The second-order valence-corrected chi connectivity index (χ2v) is 8.57. The molecule has 2 unspecified atom stereocenters. The first kappa shape index (κ1) is 20.4. The van der Waals surface area contributed by atoms with Gasteiger partial charge in [-0.3, -0.25) is 9.89 Å². The van der Waals surface area contributed by atoms with E-state index in [1.165, 1.54) is 0 Å². The third kappa shape index (κ3) is 3.59. The van der Waals surface area contributed by atoms with Crippen molar-refractivity contribution in [3.05, 3.63) is 69.3 Å². The lowest BCUT2D eigenvalue weighted by Crippen LogP contribution is -2.36. The number of rotatable bonds is 5. The van der Waals surface area contributed by atoms with E-state index in [0.717, 1.165) is 47.6 Å². The molecule has 1 aromatic heterocycles. The Morgan fingerprint density at radius 1 is 1.19 bits per heavy atom. The maximum Gasteiger partial charge on any atom is 0.273 e. The Balaban J connectivity index is 1.61. The minimum Gasteiger partial charge on any atom is -0.497 e. The Hall–Kier alpha value is -2.54. The summed E-state index contributed by atoms with van der Waals surface area (Å²) in [6.45, 7) is 1.24. The number of hydrogen-bond donors (Lipinski definition) is 1. The van der Waals surface area contributed by atoms with E-state index < -0.39 is 0 Å². The van der Waals surface area contributed by atoms with Gasteiger partial charge in [0, 0.05) is 24.3 Å². The molecule has 2 aliphatic rings. The third-order valence-corrected chi connectivity index (χ3v) is 6.65. The van der Waals surface area contributed by atoms with E-state index >= 15 is 0 Å². The summed E-state index contributed by atoms with van der Waals surface area (Å²) in [4.78, 5) is 15.2. The number of nitrogens with zero attached hydrogens (tertiary/aromatic N) is 2. The molecule has 2 aliphatic heterocycles. The van der Waals surface area contributed by atoms with Crippen LogP contribution in [0.25, 0.3) is 11.3 Å². The Kier molecular flexibility index (Phi) is 5.38. The highest BCUT2D eigenvalue weighted by Gasteiger charge is 2.43. The number of aromatic amines is 1. The van der Waals surface area contributed by atoms with Crippen molar-refractivity contribution in [2.45, 2.75) is 25.0 Å². The standard InChI is InChI=1S/C23H21Cl2N3O3/c1-30-15-7-4-13(5-8-15)20-19-21(27-26-20)23(29)28(12-16-3-2-10-31-16)22(19)14-6-9-17(24)18(25)11-14/h4-9,11,16,22H,2-3,10,12H2,1H3,(H,26,27). The maximum atomic E-state index is 13.4. The zero-order valence-electron chi connectivity index (χ0n) is 16.9. The van der Waals surface area contributed by atoms with Crippen molar-refractivity contribution in [2.24, 2.45) is 0 Å². The third-order valence-electron chi connectivity index (χ3n) is 5.91. The fourth-order valence-electron chi connectivity index (χ4n) is 4.39. The van der Waals surface area contributed by atoms with Gasteiger partial charge >= 0.3 is 0 Å². The van der Waals surface area contributed by atoms with Gasteiger partial charge in [-0.1, -0.05) is 29.3 Å². The molecule has 8 heteroatoms. The Bertz CT molecular complexity index is 1120. The van der Waals surface area contributed by atoms with Crippen LogP contribution in [0.3, 0.4) is 0 Å². The second kappa shape index (κ2) is 8.19. The zero-order chi connectivity index (χ0) is 21.5. The molecule has 0 aliphatic carbocycles. The summed E-state index contributed by atoms with van der Waals surface area (Å²) in [6, 6.07) is 12.8. The molecule has 0 saturated carbocycles. The van der Waals surface area contributed by atoms with Crippen molar-refractivity contribution in [3.63, 3.8) is 0 Å². The van der Waals surface area contributed by atoms with Crippen LogP contribution in [0.1, 0.15) is 40.5 Å². The summed E-state index contributed by atoms with van der Waals surface area (Å²) in [5.41, 5.74) is 3.86. The van der Waals surface area contributed by atoms with Crippen LogP contribution < -0.4 is 4.74 Å². The number of nitrogens with one attached hydrogen (secondary N) is 1. The van der Waals surface area contributed by atoms with E-state index in [0.29, 0.717) is 22.3 Å². The number of benzene rings is 2. The van der Waals surface area contributed by atoms with Crippen molar-refractivity contribution in [1.82, 2.24) is 15.1 Å². The van der Waals surface area contributed by atoms with Crippen molar-refractivity contribution in [3.8, 4) is 17.0 Å². The number of H-pyrrole nitrogens is 1. The lowest BCUT2D eigenvalue weighted by atomic mass is 9.96. The van der Waals surface area contributed by atoms with E-state index in [4.69, 9.17) is 32.7 Å². The van der Waals surface area contributed by atoms with Crippen LogP contribution in [0.15, 0.2) is 42.5 Å². The average molecular weight is 458 g/mol. The summed E-state index contributed by atoms with van der Waals surface area (Å²) in [5, 5.41) is 8.39. The van der Waals surface area contributed by atoms with Gasteiger partial charge in [-0.05, 0) is 54.8 Å². The molecule has 1 fully saturated rings. The van der Waals surface area contributed by atoms with Gasteiger partial charge in [-0.2, -0.15) is 5.10 Å². The fraction of sp³-hybridized carbons (Fsp3) is 0.304. The van der Waals surface area contributed by atoms with Crippen molar-refractivity contribution in [1.29, 1.82) is 0 Å². The predicted octanol–water partition coefficient (Wildman–Crippen LogP) is 5.12. The van der Waals surface area contributed by atoms with Crippen molar-refractivity contribution < 1.29 is 14.3 Å². The number of amides is 1. The summed E-state index contributed by atoms with van der Waals surface area (Å²) in [6.07, 6.45) is 1.97. The van der Waals surface area contributed by atoms with Gasteiger partial charge in [-0.25, -0.2) is 0 Å². The van der Waals surface area contributed by atoms with Gasteiger partial charge in [0.1, 0.15) is 11.4 Å². The molecule has 0 radical (unpaired) electrons. The van der Waals surface area contributed by atoms with Crippen LogP contribution in [0.4, 0.5) is 0 Å². The van der Waals surface area contributed by atoms with E-state index in [1.54, 1.807) is 13.2 Å². The molecule has 2 aromatic carbocycles. The molecule has 0 bridgehead atoms. The molecule has 6 nitrogen and oxygen atoms in total.